The van der Waals surface area contributed by atoms with E-state index in [1.54, 1.807) is 10.9 Å². The van der Waals surface area contributed by atoms with E-state index in [1.807, 2.05) is 48.8 Å². The summed E-state index contributed by atoms with van der Waals surface area (Å²) >= 11 is 0. The molecule has 0 unspecified atom stereocenters. The van der Waals surface area contributed by atoms with Gasteiger partial charge in [-0.1, -0.05) is 105 Å². The van der Waals surface area contributed by atoms with Crippen molar-refractivity contribution >= 4 is 17.1 Å². The normalized spacial score (nSPS) is 13.7. The molecular weight excluding hydrogens is 880 g/mol. The Morgan fingerprint density at radius 1 is 0.561 bits per heavy atom. The van der Waals surface area contributed by atoms with Crippen LogP contribution in [0, 0.1) is 12.1 Å². The number of pyridine rings is 1. The van der Waals surface area contributed by atoms with Crippen LogP contribution in [0.5, 0.6) is 11.5 Å². The first-order valence-electron chi connectivity index (χ1n) is 19.5. The third kappa shape index (κ3) is 7.39. The predicted molar refractivity (Wildman–Crippen MR) is 228 cm³/mol. The molecule has 57 heavy (non-hydrogen) atoms. The summed E-state index contributed by atoms with van der Waals surface area (Å²) in [7, 11) is 0. The number of hydrogen-bond donors (Lipinski definition) is 0. The summed E-state index contributed by atoms with van der Waals surface area (Å²) in [6.45, 7) is 20.5. The van der Waals surface area contributed by atoms with Gasteiger partial charge in [-0.05, 0) is 92.2 Å². The van der Waals surface area contributed by atoms with Crippen molar-refractivity contribution in [2.75, 3.05) is 4.90 Å². The van der Waals surface area contributed by atoms with Crippen LogP contribution in [0.3, 0.4) is 0 Å². The van der Waals surface area contributed by atoms with Gasteiger partial charge in [-0.3, -0.25) is 9.67 Å². The topological polar surface area (TPSA) is 43.2 Å². The minimum absolute atomic E-state index is 0. The molecule has 3 heterocycles. The van der Waals surface area contributed by atoms with Crippen LogP contribution in [0.4, 0.5) is 17.1 Å². The second-order valence-electron chi connectivity index (χ2n) is 17.9. The molecule has 2 aromatic heterocycles. The third-order valence-electron chi connectivity index (χ3n) is 11.0. The number of ether oxygens (including phenoxy) is 1. The molecule has 1 aliphatic rings. The van der Waals surface area contributed by atoms with Gasteiger partial charge in [-0.2, -0.15) is 23.3 Å². The second kappa shape index (κ2) is 14.9. The fourth-order valence-corrected chi connectivity index (χ4v) is 7.83. The number of rotatable bonds is 6. The molecule has 0 fully saturated rings. The molecule has 0 aliphatic carbocycles. The molecule has 0 bridgehead atoms. The molecule has 290 valence electrons. The van der Waals surface area contributed by atoms with Crippen molar-refractivity contribution in [1.29, 1.82) is 0 Å². The molecule has 0 N–H and O–H groups in total. The Hall–Kier alpha value is -5.25. The Bertz CT molecular complexity index is 2440. The van der Waals surface area contributed by atoms with E-state index in [4.69, 9.17) is 9.72 Å². The van der Waals surface area contributed by atoms with Gasteiger partial charge < -0.3 is 9.64 Å². The molecule has 0 saturated carbocycles. The Morgan fingerprint density at radius 3 is 1.68 bits per heavy atom. The van der Waals surface area contributed by atoms with Gasteiger partial charge in [0.2, 0.25) is 0 Å². The third-order valence-corrected chi connectivity index (χ3v) is 11.0. The smallest absolute Gasteiger partial charge is 0.509 e. The number of anilines is 3. The Morgan fingerprint density at radius 2 is 1.14 bits per heavy atom. The van der Waals surface area contributed by atoms with Crippen LogP contribution in [0.25, 0.3) is 5.69 Å². The molecule has 7 aromatic rings. The molecule has 0 amide bonds. The molecule has 5 aromatic carbocycles. The number of hydrogen-bond acceptors (Lipinski definition) is 4. The van der Waals surface area contributed by atoms with E-state index in [-0.39, 0.29) is 37.3 Å². The van der Waals surface area contributed by atoms with E-state index in [1.165, 1.54) is 16.7 Å². The average Bonchev–Trinajstić information content (AvgIpc) is 3.72. The summed E-state index contributed by atoms with van der Waals surface area (Å²) in [5, 5.41) is 4.40. The zero-order valence-corrected chi connectivity index (χ0v) is 36.6. The number of nitrogens with zero attached hydrogens (tertiary/aromatic N) is 4. The van der Waals surface area contributed by atoms with Gasteiger partial charge in [0.25, 0.3) is 0 Å². The number of benzene rings is 5. The minimum atomic E-state index is -0.865. The van der Waals surface area contributed by atoms with Crippen LogP contribution in [0.15, 0.2) is 140 Å². The molecular formula is C51H50N4OPt. The first-order chi connectivity index (χ1) is 26.6. The van der Waals surface area contributed by atoms with E-state index >= 15 is 0 Å². The van der Waals surface area contributed by atoms with Gasteiger partial charge >= 0.3 is 21.1 Å². The summed E-state index contributed by atoms with van der Waals surface area (Å²) in [5.41, 5.74) is 11.0. The minimum Gasteiger partial charge on any atom is -0.509 e. The van der Waals surface area contributed by atoms with Crippen molar-refractivity contribution in [3.8, 4) is 17.2 Å². The van der Waals surface area contributed by atoms with E-state index in [0.29, 0.717) is 11.5 Å². The maximum Gasteiger partial charge on any atom is 2.00 e. The second-order valence-corrected chi connectivity index (χ2v) is 17.9. The fraction of sp³-hybridized carbons (Fsp3) is 0.255. The summed E-state index contributed by atoms with van der Waals surface area (Å²) in [6.07, 6.45) is 5.57. The van der Waals surface area contributed by atoms with Crippen molar-refractivity contribution in [3.05, 3.63) is 191 Å². The van der Waals surface area contributed by atoms with Gasteiger partial charge in [-0.25, -0.2) is 0 Å². The largest absolute Gasteiger partial charge is 2.00 e. The van der Waals surface area contributed by atoms with Crippen molar-refractivity contribution in [1.82, 2.24) is 14.8 Å². The molecule has 1 aliphatic heterocycles. The molecule has 0 spiro atoms. The van der Waals surface area contributed by atoms with Crippen LogP contribution in [0.1, 0.15) is 101 Å². The van der Waals surface area contributed by atoms with Gasteiger partial charge in [0.05, 0.1) is 22.5 Å². The fourth-order valence-electron chi connectivity index (χ4n) is 7.83. The Kier molecular flexibility index (Phi) is 10.5. The maximum absolute atomic E-state index is 6.61. The predicted octanol–water partition coefficient (Wildman–Crippen LogP) is 12.7. The van der Waals surface area contributed by atoms with Crippen LogP contribution < -0.4 is 9.64 Å². The molecule has 8 rings (SSSR count). The van der Waals surface area contributed by atoms with Crippen LogP contribution >= 0.6 is 0 Å². The first kappa shape index (κ1) is 40.0. The average molecular weight is 930 g/mol. The standard InChI is InChI=1S/C51H50N4O.Pt/c1-48(2,3)35-20-24-39(25-21-35)55-45-26-22-36(49(4,5)6)32-43(45)51(47-19-10-11-28-52-47,44-33-37(50(7,8)9)23-27-46(44)55)38-15-12-17-41(31-38)56-42-18-13-16-40(34-42)54-30-14-29-53-54;/h10-30,32-33H,1-9H3;/q-2;+2. The van der Waals surface area contributed by atoms with Crippen molar-refractivity contribution in [3.63, 3.8) is 0 Å². The molecule has 5 nitrogen and oxygen atoms in total. The van der Waals surface area contributed by atoms with E-state index in [2.05, 4.69) is 169 Å². The molecule has 6 heteroatoms. The monoisotopic (exact) mass is 929 g/mol. The molecule has 0 saturated heterocycles. The van der Waals surface area contributed by atoms with Crippen LogP contribution in [-0.2, 0) is 42.7 Å². The Balaban J connectivity index is 0.00000496. The number of fused-ring (bicyclic) bond motifs is 2. The van der Waals surface area contributed by atoms with Gasteiger partial charge in [0.1, 0.15) is 0 Å². The molecule has 0 radical (unpaired) electrons. The summed E-state index contributed by atoms with van der Waals surface area (Å²) in [6, 6.07) is 50.5. The van der Waals surface area contributed by atoms with Crippen molar-refractivity contribution < 1.29 is 25.8 Å². The number of aromatic nitrogens is 3. The van der Waals surface area contributed by atoms with E-state index in [0.717, 1.165) is 45.1 Å². The first-order valence-corrected chi connectivity index (χ1v) is 19.5. The van der Waals surface area contributed by atoms with Gasteiger partial charge in [-0.15, -0.1) is 35.9 Å². The van der Waals surface area contributed by atoms with Gasteiger partial charge in [0, 0.05) is 35.8 Å². The van der Waals surface area contributed by atoms with Crippen molar-refractivity contribution in [2.45, 2.75) is 84.0 Å². The summed E-state index contributed by atoms with van der Waals surface area (Å²) < 4.78 is 8.39. The summed E-state index contributed by atoms with van der Waals surface area (Å²) in [4.78, 5) is 7.67. The van der Waals surface area contributed by atoms with Crippen LogP contribution in [0.2, 0.25) is 0 Å². The van der Waals surface area contributed by atoms with Gasteiger partial charge in [0.15, 0.2) is 0 Å². The maximum atomic E-state index is 6.61. The summed E-state index contributed by atoms with van der Waals surface area (Å²) in [5.74, 6) is 1.17. The zero-order valence-electron chi connectivity index (χ0n) is 34.3. The molecule has 0 atom stereocenters. The Labute approximate surface area is 353 Å². The van der Waals surface area contributed by atoms with E-state index < -0.39 is 5.41 Å². The van der Waals surface area contributed by atoms with Crippen molar-refractivity contribution in [2.24, 2.45) is 0 Å². The SMILES string of the molecule is CC(C)(C)c1ccc(N2c3ccc(C(C)(C)C)cc3C(c3[c-]c(Oc4[c-]c(-n5cccn5)ccc4)ccc3)(c3ccccn3)c3cc(C(C)(C)C)ccc32)cc1.[Pt+2]. The van der Waals surface area contributed by atoms with Crippen LogP contribution in [-0.4, -0.2) is 14.8 Å². The quantitative estimate of drug-likeness (QED) is 0.156. The zero-order chi connectivity index (χ0) is 39.5. The van der Waals surface area contributed by atoms with E-state index in [9.17, 15) is 0 Å².